The van der Waals surface area contributed by atoms with Gasteiger partial charge in [0.2, 0.25) is 5.88 Å². The molecule has 0 fully saturated rings. The van der Waals surface area contributed by atoms with Crippen LogP contribution in [0, 0.1) is 0 Å². The van der Waals surface area contributed by atoms with Crippen molar-refractivity contribution in [3.05, 3.63) is 77.7 Å². The van der Waals surface area contributed by atoms with E-state index in [4.69, 9.17) is 16.3 Å². The van der Waals surface area contributed by atoms with Crippen molar-refractivity contribution >= 4 is 34.0 Å². The van der Waals surface area contributed by atoms with E-state index in [1.807, 2.05) is 6.07 Å². The molecule has 0 bridgehead atoms. The summed E-state index contributed by atoms with van der Waals surface area (Å²) in [6.45, 7) is -0.533. The lowest BCUT2D eigenvalue weighted by Crippen LogP contribution is -2.21. The zero-order valence-corrected chi connectivity index (χ0v) is 16.5. The van der Waals surface area contributed by atoms with Gasteiger partial charge in [0, 0.05) is 34.9 Å². The lowest BCUT2D eigenvalue weighted by molar-refractivity contribution is -0.141. The molecule has 31 heavy (non-hydrogen) atoms. The Balaban J connectivity index is 1.57. The summed E-state index contributed by atoms with van der Waals surface area (Å²) in [7, 11) is 0. The molecule has 0 saturated heterocycles. The van der Waals surface area contributed by atoms with Crippen molar-refractivity contribution in [2.24, 2.45) is 0 Å². The molecule has 4 rings (SSSR count). The van der Waals surface area contributed by atoms with Crippen LogP contribution < -0.4 is 10.1 Å². The van der Waals surface area contributed by atoms with Crippen LogP contribution in [0.5, 0.6) is 5.88 Å². The van der Waals surface area contributed by atoms with E-state index in [-0.39, 0.29) is 16.6 Å². The first-order valence-electron chi connectivity index (χ1n) is 9.00. The second kappa shape index (κ2) is 8.27. The third-order valence-corrected chi connectivity index (χ3v) is 4.67. The van der Waals surface area contributed by atoms with E-state index in [1.54, 1.807) is 42.7 Å². The Bertz CT molecular complexity index is 1250. The van der Waals surface area contributed by atoms with Crippen LogP contribution in [0.15, 0.2) is 67.0 Å². The van der Waals surface area contributed by atoms with Crippen molar-refractivity contribution in [1.29, 1.82) is 0 Å². The summed E-state index contributed by atoms with van der Waals surface area (Å²) in [4.78, 5) is 16.4. The fourth-order valence-electron chi connectivity index (χ4n) is 2.96. The van der Waals surface area contributed by atoms with E-state index < -0.39 is 24.4 Å². The number of nitrogens with zero attached hydrogens (tertiary/aromatic N) is 3. The molecule has 1 N–H and O–H groups in total. The zero-order valence-electron chi connectivity index (χ0n) is 15.7. The van der Waals surface area contributed by atoms with E-state index in [1.165, 1.54) is 12.1 Å². The molecule has 2 aromatic carbocycles. The molecule has 6 nitrogen and oxygen atoms in total. The van der Waals surface area contributed by atoms with Crippen molar-refractivity contribution < 1.29 is 22.7 Å². The van der Waals surface area contributed by atoms with Crippen LogP contribution in [-0.2, 0) is 11.0 Å². The second-order valence-corrected chi connectivity index (χ2v) is 6.88. The molecule has 0 atom stereocenters. The minimum Gasteiger partial charge on any atom is -0.467 e. The van der Waals surface area contributed by atoms with Gasteiger partial charge >= 0.3 is 6.18 Å². The number of halogens is 4. The fourth-order valence-corrected chi connectivity index (χ4v) is 3.17. The van der Waals surface area contributed by atoms with E-state index >= 15 is 0 Å². The molecule has 158 valence electrons. The first kappa shape index (κ1) is 20.7. The van der Waals surface area contributed by atoms with Gasteiger partial charge < -0.3 is 10.1 Å². The number of alkyl halides is 3. The van der Waals surface area contributed by atoms with Crippen LogP contribution in [0.4, 0.5) is 18.9 Å². The second-order valence-electron chi connectivity index (χ2n) is 6.47. The molecule has 2 heterocycles. The molecule has 0 radical (unpaired) electrons. The number of aromatic nitrogens is 3. The van der Waals surface area contributed by atoms with E-state index in [0.717, 1.165) is 21.5 Å². The molecule has 1 amide bonds. The van der Waals surface area contributed by atoms with Gasteiger partial charge in [0.25, 0.3) is 5.91 Å². The van der Waals surface area contributed by atoms with Crippen molar-refractivity contribution in [2.75, 3.05) is 11.9 Å². The number of benzene rings is 2. The summed E-state index contributed by atoms with van der Waals surface area (Å²) in [5.41, 5.74) is -0.440. The minimum atomic E-state index is -4.69. The van der Waals surface area contributed by atoms with Gasteiger partial charge in [-0.15, -0.1) is 0 Å². The summed E-state index contributed by atoms with van der Waals surface area (Å²) in [5, 5.41) is 8.03. The molecular weight excluding hydrogens is 433 g/mol. The first-order chi connectivity index (χ1) is 14.8. The van der Waals surface area contributed by atoms with Gasteiger partial charge in [0.15, 0.2) is 12.3 Å². The molecule has 0 unspecified atom stereocenters. The van der Waals surface area contributed by atoms with Gasteiger partial charge in [-0.25, -0.2) is 0 Å². The number of rotatable bonds is 5. The Kier molecular flexibility index (Phi) is 5.51. The number of hydrogen-bond acceptors (Lipinski definition) is 4. The normalized spacial score (nSPS) is 11.5. The van der Waals surface area contributed by atoms with Gasteiger partial charge in [-0.1, -0.05) is 35.9 Å². The molecule has 0 aliphatic carbocycles. The van der Waals surface area contributed by atoms with Crippen LogP contribution in [0.1, 0.15) is 5.69 Å². The molecule has 0 aliphatic rings. The van der Waals surface area contributed by atoms with Crippen LogP contribution in [-0.4, -0.2) is 27.3 Å². The maximum atomic E-state index is 13.2. The number of carbonyl (C=O) groups is 1. The molecule has 0 aliphatic heterocycles. The van der Waals surface area contributed by atoms with Gasteiger partial charge in [0.1, 0.15) is 0 Å². The lowest BCUT2D eigenvalue weighted by Gasteiger charge is -2.11. The smallest absolute Gasteiger partial charge is 0.435 e. The average Bonchev–Trinajstić information content (AvgIpc) is 3.17. The van der Waals surface area contributed by atoms with E-state index in [9.17, 15) is 18.0 Å². The molecule has 0 saturated carbocycles. The minimum absolute atomic E-state index is 0.179. The number of pyridine rings is 1. The topological polar surface area (TPSA) is 69.0 Å². The van der Waals surface area contributed by atoms with Crippen LogP contribution in [0.3, 0.4) is 0 Å². The Morgan fingerprint density at radius 3 is 2.71 bits per heavy atom. The molecule has 4 aromatic rings. The predicted octanol–water partition coefficient (Wildman–Crippen LogP) is 5.11. The highest BCUT2D eigenvalue weighted by Crippen LogP contribution is 2.33. The number of para-hydroxylation sites is 1. The largest absolute Gasteiger partial charge is 0.467 e. The highest BCUT2D eigenvalue weighted by molar-refractivity contribution is 6.32. The number of amides is 1. The SMILES string of the molecule is O=C(COc1cc(C(F)(F)F)nn1-c1ccccc1Cl)Nc1cccc2cnccc12. The molecule has 10 heteroatoms. The van der Waals surface area contributed by atoms with E-state index in [0.29, 0.717) is 5.69 Å². The highest BCUT2D eigenvalue weighted by atomic mass is 35.5. The number of fused-ring (bicyclic) bond motifs is 1. The third kappa shape index (κ3) is 4.46. The van der Waals surface area contributed by atoms with Crippen molar-refractivity contribution in [2.45, 2.75) is 6.18 Å². The average molecular weight is 447 g/mol. The summed E-state index contributed by atoms with van der Waals surface area (Å²) >= 11 is 6.10. The number of anilines is 1. The number of nitrogens with one attached hydrogen (secondary N) is 1. The molecular formula is C21H14ClF3N4O2. The Labute approximate surface area is 179 Å². The Morgan fingerprint density at radius 2 is 1.94 bits per heavy atom. The first-order valence-corrected chi connectivity index (χ1v) is 9.38. The van der Waals surface area contributed by atoms with Crippen LogP contribution in [0.25, 0.3) is 16.5 Å². The Morgan fingerprint density at radius 1 is 1.13 bits per heavy atom. The van der Waals surface area contributed by atoms with Crippen molar-refractivity contribution in [3.63, 3.8) is 0 Å². The maximum absolute atomic E-state index is 13.2. The molecule has 0 spiro atoms. The molecule has 2 aromatic heterocycles. The van der Waals surface area contributed by atoms with Crippen molar-refractivity contribution in [3.8, 4) is 11.6 Å². The summed E-state index contributed by atoms with van der Waals surface area (Å²) < 4.78 is 45.9. The van der Waals surface area contributed by atoms with Crippen LogP contribution in [0.2, 0.25) is 5.02 Å². The maximum Gasteiger partial charge on any atom is 0.435 e. The summed E-state index contributed by atoms with van der Waals surface area (Å²) in [5.74, 6) is -0.817. The van der Waals surface area contributed by atoms with Crippen molar-refractivity contribution in [1.82, 2.24) is 14.8 Å². The monoisotopic (exact) mass is 446 g/mol. The van der Waals surface area contributed by atoms with Gasteiger partial charge in [0.05, 0.1) is 10.7 Å². The number of hydrogen-bond donors (Lipinski definition) is 1. The zero-order chi connectivity index (χ0) is 22.0. The standard InChI is InChI=1S/C21H14ClF3N4O2/c22-15-5-1-2-7-17(15)29-20(10-18(28-29)21(23,24)25)31-12-19(30)27-16-6-3-4-13-11-26-9-8-14(13)16/h1-11H,12H2,(H,27,30). The fraction of sp³-hybridized carbons (Fsp3) is 0.0952. The number of carbonyl (C=O) groups excluding carboxylic acids is 1. The summed E-state index contributed by atoms with van der Waals surface area (Å²) in [6, 6.07) is 14.0. The van der Waals surface area contributed by atoms with Crippen LogP contribution >= 0.6 is 11.6 Å². The highest BCUT2D eigenvalue weighted by Gasteiger charge is 2.36. The predicted molar refractivity (Wildman–Crippen MR) is 109 cm³/mol. The van der Waals surface area contributed by atoms with Gasteiger partial charge in [-0.3, -0.25) is 9.78 Å². The summed E-state index contributed by atoms with van der Waals surface area (Å²) in [6.07, 6.45) is -1.44. The lowest BCUT2D eigenvalue weighted by atomic mass is 10.1. The number of ether oxygens (including phenoxy) is 1. The van der Waals surface area contributed by atoms with Gasteiger partial charge in [-0.2, -0.15) is 23.0 Å². The van der Waals surface area contributed by atoms with Gasteiger partial charge in [-0.05, 0) is 24.3 Å². The van der Waals surface area contributed by atoms with E-state index in [2.05, 4.69) is 15.4 Å². The third-order valence-electron chi connectivity index (χ3n) is 4.35. The quantitative estimate of drug-likeness (QED) is 0.462. The Hall–Kier alpha value is -3.59.